The Hall–Kier alpha value is -0.610. The smallest absolute Gasteiger partial charge is 0.315 e. The summed E-state index contributed by atoms with van der Waals surface area (Å²) in [6.45, 7) is 6.50. The fraction of sp³-hybridized carbons (Fsp3) is 0.933. The zero-order valence-electron chi connectivity index (χ0n) is 11.8. The summed E-state index contributed by atoms with van der Waals surface area (Å²) in [6, 6.07) is 0. The third-order valence-corrected chi connectivity index (χ3v) is 6.78. The summed E-state index contributed by atoms with van der Waals surface area (Å²) in [5.74, 6) is 0.123. The Morgan fingerprint density at radius 3 is 2.63 bits per heavy atom. The van der Waals surface area contributed by atoms with Gasteiger partial charge < -0.3 is 14.9 Å². The number of cyclic esters (lactones) is 1. The number of aliphatic hydroxyl groups excluding tert-OH is 1. The first kappa shape index (κ1) is 12.2. The number of fused-ring (bicyclic) bond motifs is 2. The van der Waals surface area contributed by atoms with Crippen molar-refractivity contribution in [3.05, 3.63) is 0 Å². The molecule has 4 fully saturated rings. The van der Waals surface area contributed by atoms with E-state index < -0.39 is 17.1 Å². The average molecular weight is 266 g/mol. The van der Waals surface area contributed by atoms with E-state index in [0.29, 0.717) is 12.3 Å². The summed E-state index contributed by atoms with van der Waals surface area (Å²) in [6.07, 6.45) is 1.78. The molecule has 4 nitrogen and oxygen atoms in total. The van der Waals surface area contributed by atoms with E-state index in [9.17, 15) is 15.0 Å². The molecular formula is C15H22O4. The van der Waals surface area contributed by atoms with Crippen molar-refractivity contribution in [2.24, 2.45) is 28.1 Å². The van der Waals surface area contributed by atoms with Gasteiger partial charge in [0.25, 0.3) is 0 Å². The summed E-state index contributed by atoms with van der Waals surface area (Å²) in [5.41, 5.74) is -2.20. The predicted molar refractivity (Wildman–Crippen MR) is 67.1 cm³/mol. The van der Waals surface area contributed by atoms with E-state index in [1.165, 1.54) is 0 Å². The third-order valence-electron chi connectivity index (χ3n) is 6.78. The van der Waals surface area contributed by atoms with Crippen molar-refractivity contribution in [1.29, 1.82) is 0 Å². The molecule has 1 aliphatic heterocycles. The van der Waals surface area contributed by atoms with Crippen molar-refractivity contribution in [3.63, 3.8) is 0 Å². The lowest BCUT2D eigenvalue weighted by molar-refractivity contribution is -0.176. The van der Waals surface area contributed by atoms with Gasteiger partial charge in [-0.2, -0.15) is 0 Å². The second-order valence-electron chi connectivity index (χ2n) is 8.29. The highest BCUT2D eigenvalue weighted by molar-refractivity contribution is 5.87. The van der Waals surface area contributed by atoms with Crippen LogP contribution in [0.2, 0.25) is 0 Å². The minimum Gasteiger partial charge on any atom is -0.462 e. The molecule has 0 aromatic heterocycles. The first-order valence-electron chi connectivity index (χ1n) is 7.26. The van der Waals surface area contributed by atoms with E-state index in [2.05, 4.69) is 20.8 Å². The van der Waals surface area contributed by atoms with Gasteiger partial charge in [0.2, 0.25) is 0 Å². The predicted octanol–water partition coefficient (Wildman–Crippen LogP) is 1.10. The Balaban J connectivity index is 1.85. The molecule has 0 radical (unpaired) electrons. The van der Waals surface area contributed by atoms with Crippen LogP contribution >= 0.6 is 0 Å². The van der Waals surface area contributed by atoms with Crippen LogP contribution in [0.15, 0.2) is 0 Å². The lowest BCUT2D eigenvalue weighted by Crippen LogP contribution is -2.60. The molecule has 0 aromatic rings. The molecule has 3 aliphatic carbocycles. The molecular weight excluding hydrogens is 244 g/mol. The van der Waals surface area contributed by atoms with Crippen molar-refractivity contribution < 1.29 is 19.7 Å². The van der Waals surface area contributed by atoms with Crippen molar-refractivity contribution in [1.82, 2.24) is 0 Å². The quantitative estimate of drug-likeness (QED) is 0.644. The van der Waals surface area contributed by atoms with Crippen molar-refractivity contribution in [2.45, 2.75) is 51.7 Å². The number of rotatable bonds is 0. The van der Waals surface area contributed by atoms with Crippen LogP contribution in [0.4, 0.5) is 0 Å². The summed E-state index contributed by atoms with van der Waals surface area (Å²) in [4.78, 5) is 12.2. The number of ether oxygens (including phenoxy) is 1. The normalized spacial score (nSPS) is 61.1. The number of carbonyl (C=O) groups is 1. The highest BCUT2D eigenvalue weighted by Gasteiger charge is 2.89. The summed E-state index contributed by atoms with van der Waals surface area (Å²) in [7, 11) is 0. The van der Waals surface area contributed by atoms with Crippen LogP contribution in [0.25, 0.3) is 0 Å². The fourth-order valence-corrected chi connectivity index (χ4v) is 5.84. The molecule has 0 bridgehead atoms. The van der Waals surface area contributed by atoms with E-state index in [0.717, 1.165) is 12.8 Å². The lowest BCUT2D eigenvalue weighted by Gasteiger charge is -2.46. The number of aliphatic hydroxyl groups is 2. The van der Waals surface area contributed by atoms with Crippen molar-refractivity contribution in [3.8, 4) is 0 Å². The minimum atomic E-state index is -1.36. The fourth-order valence-electron chi connectivity index (χ4n) is 5.84. The monoisotopic (exact) mass is 266 g/mol. The molecule has 2 N–H and O–H groups in total. The van der Waals surface area contributed by atoms with Crippen LogP contribution in [-0.2, 0) is 9.53 Å². The zero-order valence-corrected chi connectivity index (χ0v) is 11.8. The number of hydrogen-bond acceptors (Lipinski definition) is 4. The maximum absolute atomic E-state index is 12.2. The van der Waals surface area contributed by atoms with Gasteiger partial charge in [-0.3, -0.25) is 4.79 Å². The molecule has 1 spiro atoms. The Morgan fingerprint density at radius 1 is 1.26 bits per heavy atom. The molecule has 0 amide bonds. The van der Waals surface area contributed by atoms with Crippen molar-refractivity contribution in [2.75, 3.05) is 6.61 Å². The topological polar surface area (TPSA) is 66.8 Å². The largest absolute Gasteiger partial charge is 0.462 e. The molecule has 4 heteroatoms. The van der Waals surface area contributed by atoms with Crippen LogP contribution in [0.5, 0.6) is 0 Å². The first-order valence-corrected chi connectivity index (χ1v) is 7.26. The molecule has 106 valence electrons. The van der Waals surface area contributed by atoms with Gasteiger partial charge in [0.05, 0.1) is 6.10 Å². The van der Waals surface area contributed by atoms with Gasteiger partial charge in [0.1, 0.15) is 17.6 Å². The van der Waals surface area contributed by atoms with Crippen LogP contribution < -0.4 is 0 Å². The van der Waals surface area contributed by atoms with Gasteiger partial charge >= 0.3 is 5.97 Å². The molecule has 19 heavy (non-hydrogen) atoms. The van der Waals surface area contributed by atoms with E-state index in [-0.39, 0.29) is 29.3 Å². The Kier molecular flexibility index (Phi) is 1.83. The zero-order chi connectivity index (χ0) is 13.8. The minimum absolute atomic E-state index is 0.0355. The third kappa shape index (κ3) is 1.03. The van der Waals surface area contributed by atoms with E-state index in [1.807, 2.05) is 0 Å². The summed E-state index contributed by atoms with van der Waals surface area (Å²) >= 11 is 0. The summed E-state index contributed by atoms with van der Waals surface area (Å²) in [5, 5.41) is 21.6. The molecule has 1 heterocycles. The summed E-state index contributed by atoms with van der Waals surface area (Å²) < 4.78 is 5.15. The van der Waals surface area contributed by atoms with Gasteiger partial charge in [0.15, 0.2) is 0 Å². The molecule has 6 unspecified atom stereocenters. The van der Waals surface area contributed by atoms with Gasteiger partial charge in [-0.1, -0.05) is 20.8 Å². The SMILES string of the molecule is CC1(C)CC2C(C1)C1(C)CC13C(=O)OCC3(O)C2O. The number of carbonyl (C=O) groups excluding carboxylic acids is 1. The molecule has 3 saturated carbocycles. The van der Waals surface area contributed by atoms with Crippen LogP contribution in [0.3, 0.4) is 0 Å². The van der Waals surface area contributed by atoms with Gasteiger partial charge in [0, 0.05) is 0 Å². The molecule has 6 atom stereocenters. The van der Waals surface area contributed by atoms with Gasteiger partial charge in [-0.25, -0.2) is 0 Å². The number of hydrogen-bond donors (Lipinski definition) is 2. The lowest BCUT2D eigenvalue weighted by atomic mass is 9.61. The second-order valence-corrected chi connectivity index (χ2v) is 8.29. The molecule has 1 saturated heterocycles. The van der Waals surface area contributed by atoms with Crippen LogP contribution in [0, 0.1) is 28.1 Å². The van der Waals surface area contributed by atoms with E-state index >= 15 is 0 Å². The number of esters is 1. The Bertz CT molecular complexity index is 487. The Morgan fingerprint density at radius 2 is 1.95 bits per heavy atom. The molecule has 4 rings (SSSR count). The van der Waals surface area contributed by atoms with Crippen molar-refractivity contribution >= 4 is 5.97 Å². The highest BCUT2D eigenvalue weighted by Crippen LogP contribution is 2.82. The van der Waals surface area contributed by atoms with Crippen LogP contribution in [-0.4, -0.2) is 34.5 Å². The second kappa shape index (κ2) is 2.86. The van der Waals surface area contributed by atoms with Gasteiger partial charge in [-0.05, 0) is 41.9 Å². The van der Waals surface area contributed by atoms with E-state index in [4.69, 9.17) is 4.74 Å². The van der Waals surface area contributed by atoms with Crippen LogP contribution in [0.1, 0.15) is 40.0 Å². The maximum Gasteiger partial charge on any atom is 0.315 e. The highest BCUT2D eigenvalue weighted by atomic mass is 16.6. The molecule has 4 aliphatic rings. The molecule has 0 aromatic carbocycles. The maximum atomic E-state index is 12.2. The standard InChI is InChI=1S/C15H22O4/c1-12(2)4-8-9(5-12)13(3)6-14(13)11(17)19-7-15(14,18)10(8)16/h8-10,16,18H,4-7H2,1-3H3. The average Bonchev–Trinajstić information content (AvgIpc) is 2.73. The van der Waals surface area contributed by atoms with Gasteiger partial charge in [-0.15, -0.1) is 0 Å². The Labute approximate surface area is 113 Å². The van der Waals surface area contributed by atoms with E-state index in [1.54, 1.807) is 0 Å². The first-order chi connectivity index (χ1) is 8.68.